The number of hydrogen-bond donors (Lipinski definition) is 2. The summed E-state index contributed by atoms with van der Waals surface area (Å²) in [6, 6.07) is 17.1. The Kier molecular flexibility index (Phi) is 4.96. The molecule has 7 heteroatoms. The lowest BCUT2D eigenvalue weighted by molar-refractivity contribution is 0.0919. The average molecular weight is 430 g/mol. The lowest BCUT2D eigenvalue weighted by Crippen LogP contribution is -2.37. The monoisotopic (exact) mass is 429 g/mol. The third-order valence-electron chi connectivity index (χ3n) is 6.26. The molecule has 2 N–H and O–H groups in total. The van der Waals surface area contributed by atoms with Crippen molar-refractivity contribution in [1.82, 2.24) is 20.4 Å². The molecule has 0 bridgehead atoms. The van der Waals surface area contributed by atoms with Gasteiger partial charge in [-0.15, -0.1) is 0 Å². The van der Waals surface area contributed by atoms with Crippen LogP contribution in [-0.4, -0.2) is 34.8 Å². The second-order valence-corrected chi connectivity index (χ2v) is 9.30. The Morgan fingerprint density at radius 1 is 1.12 bits per heavy atom. The third-order valence-corrected chi connectivity index (χ3v) is 6.26. The van der Waals surface area contributed by atoms with Crippen LogP contribution in [0, 0.1) is 5.41 Å². The maximum Gasteiger partial charge on any atom is 0.321 e. The van der Waals surface area contributed by atoms with Crippen molar-refractivity contribution in [1.29, 1.82) is 0 Å². The van der Waals surface area contributed by atoms with Gasteiger partial charge < -0.3 is 10.6 Å². The molecule has 0 spiro atoms. The predicted molar refractivity (Wildman–Crippen MR) is 123 cm³/mol. The fourth-order valence-electron chi connectivity index (χ4n) is 4.74. The van der Waals surface area contributed by atoms with Crippen molar-refractivity contribution in [3.63, 3.8) is 0 Å². The van der Waals surface area contributed by atoms with Crippen LogP contribution in [-0.2, 0) is 6.42 Å². The summed E-state index contributed by atoms with van der Waals surface area (Å²) >= 11 is 0. The van der Waals surface area contributed by atoms with Crippen molar-refractivity contribution in [3.8, 4) is 5.69 Å². The van der Waals surface area contributed by atoms with Crippen LogP contribution < -0.4 is 15.5 Å². The lowest BCUT2D eigenvalue weighted by Gasteiger charge is -2.36. The van der Waals surface area contributed by atoms with Gasteiger partial charge in [0.15, 0.2) is 0 Å². The van der Waals surface area contributed by atoms with Gasteiger partial charge in [-0.05, 0) is 48.6 Å². The van der Waals surface area contributed by atoms with Crippen LogP contribution in [0.15, 0.2) is 60.8 Å². The van der Waals surface area contributed by atoms with Gasteiger partial charge in [0.2, 0.25) is 0 Å². The number of benzene rings is 2. The summed E-state index contributed by atoms with van der Waals surface area (Å²) in [5.41, 5.74) is 4.52. The first-order chi connectivity index (χ1) is 15.4. The molecule has 2 aliphatic rings. The summed E-state index contributed by atoms with van der Waals surface area (Å²) in [5.74, 6) is -0.146. The Labute approximate surface area is 187 Å². The molecule has 0 saturated carbocycles. The zero-order valence-corrected chi connectivity index (χ0v) is 18.3. The SMILES string of the molecule is CC1(C)Cc2c(cnn2-c2ccccc2)[C@H](NC(=O)c2cccc(N3CCNC3=O)c2)C1. The molecule has 7 nitrogen and oxygen atoms in total. The highest BCUT2D eigenvalue weighted by Crippen LogP contribution is 2.41. The van der Waals surface area contributed by atoms with Crippen LogP contribution >= 0.6 is 0 Å². The molecular weight excluding hydrogens is 402 g/mol. The van der Waals surface area contributed by atoms with E-state index in [1.165, 1.54) is 0 Å². The molecule has 1 aromatic heterocycles. The number of nitrogens with one attached hydrogen (secondary N) is 2. The number of aromatic nitrogens is 2. The first kappa shape index (κ1) is 20.3. The number of urea groups is 1. The van der Waals surface area contributed by atoms with Gasteiger partial charge in [-0.2, -0.15) is 5.10 Å². The number of carbonyl (C=O) groups excluding carboxylic acids is 2. The van der Waals surface area contributed by atoms with E-state index in [1.54, 1.807) is 17.0 Å². The van der Waals surface area contributed by atoms with E-state index in [1.807, 2.05) is 53.3 Å². The van der Waals surface area contributed by atoms with E-state index in [9.17, 15) is 9.59 Å². The molecule has 1 aliphatic carbocycles. The zero-order chi connectivity index (χ0) is 22.3. The summed E-state index contributed by atoms with van der Waals surface area (Å²) in [7, 11) is 0. The molecule has 0 radical (unpaired) electrons. The number of hydrogen-bond acceptors (Lipinski definition) is 3. The molecule has 2 heterocycles. The number of anilines is 1. The summed E-state index contributed by atoms with van der Waals surface area (Å²) in [6.07, 6.45) is 3.61. The van der Waals surface area contributed by atoms with Crippen LogP contribution in [0.2, 0.25) is 0 Å². The molecule has 164 valence electrons. The number of fused-ring (bicyclic) bond motifs is 1. The van der Waals surface area contributed by atoms with E-state index in [0.717, 1.165) is 35.5 Å². The number of para-hydroxylation sites is 1. The van der Waals surface area contributed by atoms with Crippen LogP contribution in [0.4, 0.5) is 10.5 Å². The minimum atomic E-state index is -0.146. The maximum absolute atomic E-state index is 13.2. The van der Waals surface area contributed by atoms with Gasteiger partial charge in [0.05, 0.1) is 23.6 Å². The average Bonchev–Trinajstić information content (AvgIpc) is 3.40. The topological polar surface area (TPSA) is 79.3 Å². The van der Waals surface area contributed by atoms with Crippen molar-refractivity contribution in [2.75, 3.05) is 18.0 Å². The van der Waals surface area contributed by atoms with Gasteiger partial charge in [0.1, 0.15) is 0 Å². The highest BCUT2D eigenvalue weighted by Gasteiger charge is 2.36. The zero-order valence-electron chi connectivity index (χ0n) is 18.3. The van der Waals surface area contributed by atoms with Crippen LogP contribution in [0.3, 0.4) is 0 Å². The highest BCUT2D eigenvalue weighted by molar-refractivity contribution is 5.98. The number of nitrogens with zero attached hydrogens (tertiary/aromatic N) is 3. The number of amides is 3. The Hall–Kier alpha value is -3.61. The first-order valence-corrected chi connectivity index (χ1v) is 11.0. The molecule has 5 rings (SSSR count). The normalized spacial score (nSPS) is 19.4. The van der Waals surface area contributed by atoms with Gasteiger partial charge in [-0.3, -0.25) is 9.69 Å². The highest BCUT2D eigenvalue weighted by atomic mass is 16.2. The van der Waals surface area contributed by atoms with Crippen molar-refractivity contribution >= 4 is 17.6 Å². The van der Waals surface area contributed by atoms with E-state index in [4.69, 9.17) is 0 Å². The molecule has 2 aromatic carbocycles. The smallest absolute Gasteiger partial charge is 0.321 e. The maximum atomic E-state index is 13.2. The van der Waals surface area contributed by atoms with E-state index < -0.39 is 0 Å². The van der Waals surface area contributed by atoms with E-state index in [2.05, 4.69) is 29.6 Å². The Morgan fingerprint density at radius 3 is 2.66 bits per heavy atom. The molecule has 0 unspecified atom stereocenters. The fourth-order valence-corrected chi connectivity index (χ4v) is 4.74. The Bertz CT molecular complexity index is 1170. The summed E-state index contributed by atoms with van der Waals surface area (Å²) in [5, 5.41) is 10.7. The van der Waals surface area contributed by atoms with Gasteiger partial charge >= 0.3 is 6.03 Å². The minimum Gasteiger partial charge on any atom is -0.345 e. The van der Waals surface area contributed by atoms with Crippen molar-refractivity contribution in [2.45, 2.75) is 32.7 Å². The van der Waals surface area contributed by atoms with Crippen molar-refractivity contribution in [2.24, 2.45) is 5.41 Å². The quantitative estimate of drug-likeness (QED) is 0.661. The van der Waals surface area contributed by atoms with Gasteiger partial charge in [0, 0.05) is 29.9 Å². The molecule has 32 heavy (non-hydrogen) atoms. The predicted octanol–water partition coefficient (Wildman–Crippen LogP) is 3.85. The fraction of sp³-hybridized carbons (Fsp3) is 0.320. The van der Waals surface area contributed by atoms with Crippen LogP contribution in [0.25, 0.3) is 5.69 Å². The standard InChI is InChI=1S/C25H27N5O2/c1-25(2)14-21(20-16-27-30(22(20)15-25)18-8-4-3-5-9-18)28-23(31)17-7-6-10-19(13-17)29-12-11-26-24(29)32/h3-10,13,16,21H,11-12,14-15H2,1-2H3,(H,26,32)(H,28,31)/t21-/m1/s1. The Morgan fingerprint density at radius 2 is 1.91 bits per heavy atom. The molecular formula is C25H27N5O2. The lowest BCUT2D eigenvalue weighted by atomic mass is 9.74. The van der Waals surface area contributed by atoms with Gasteiger partial charge in [-0.1, -0.05) is 38.1 Å². The second-order valence-electron chi connectivity index (χ2n) is 9.30. The number of carbonyl (C=O) groups is 2. The molecule has 3 aromatic rings. The third kappa shape index (κ3) is 3.75. The van der Waals surface area contributed by atoms with Crippen LogP contribution in [0.1, 0.15) is 47.9 Å². The minimum absolute atomic E-state index is 0.0208. The molecule has 1 atom stereocenters. The van der Waals surface area contributed by atoms with E-state index >= 15 is 0 Å². The van der Waals surface area contributed by atoms with E-state index in [0.29, 0.717) is 18.7 Å². The number of rotatable bonds is 4. The van der Waals surface area contributed by atoms with Gasteiger partial charge in [0.25, 0.3) is 5.91 Å². The Balaban J connectivity index is 1.42. The van der Waals surface area contributed by atoms with Crippen molar-refractivity contribution in [3.05, 3.63) is 77.6 Å². The molecule has 1 saturated heterocycles. The van der Waals surface area contributed by atoms with Crippen LogP contribution in [0.5, 0.6) is 0 Å². The first-order valence-electron chi connectivity index (χ1n) is 11.0. The summed E-state index contributed by atoms with van der Waals surface area (Å²) in [4.78, 5) is 26.9. The van der Waals surface area contributed by atoms with E-state index in [-0.39, 0.29) is 23.4 Å². The molecule has 3 amide bonds. The van der Waals surface area contributed by atoms with Crippen molar-refractivity contribution < 1.29 is 9.59 Å². The summed E-state index contributed by atoms with van der Waals surface area (Å²) < 4.78 is 1.99. The summed E-state index contributed by atoms with van der Waals surface area (Å²) in [6.45, 7) is 5.66. The largest absolute Gasteiger partial charge is 0.345 e. The molecule has 1 aliphatic heterocycles. The van der Waals surface area contributed by atoms with Gasteiger partial charge in [-0.25, -0.2) is 9.48 Å². The molecule has 1 fully saturated rings. The second kappa shape index (κ2) is 7.82.